The summed E-state index contributed by atoms with van der Waals surface area (Å²) in [6.07, 6.45) is 1.05. The fourth-order valence-electron chi connectivity index (χ4n) is 3.93. The fourth-order valence-corrected chi connectivity index (χ4v) is 4.82. The normalized spacial score (nSPS) is 16.8. The van der Waals surface area contributed by atoms with Crippen LogP contribution in [0.2, 0.25) is 0 Å². The van der Waals surface area contributed by atoms with Crippen molar-refractivity contribution in [2.24, 2.45) is 0 Å². The van der Waals surface area contributed by atoms with Gasteiger partial charge in [0, 0.05) is 25.9 Å². The van der Waals surface area contributed by atoms with Gasteiger partial charge < -0.3 is 9.64 Å². The molecule has 0 N–H and O–H groups in total. The number of para-hydroxylation sites is 1. The average Bonchev–Trinajstić information content (AvgIpc) is 3.30. The Bertz CT molecular complexity index is 1170. The van der Waals surface area contributed by atoms with Gasteiger partial charge in [-0.2, -0.15) is 4.98 Å². The third-order valence-electron chi connectivity index (χ3n) is 5.58. The average molecular weight is 439 g/mol. The Morgan fingerprint density at radius 3 is 2.39 bits per heavy atom. The zero-order chi connectivity index (χ0) is 21.5. The van der Waals surface area contributed by atoms with E-state index in [1.807, 2.05) is 0 Å². The number of amides is 3. The lowest BCUT2D eigenvalue weighted by Gasteiger charge is -2.32. The monoisotopic (exact) mass is 439 g/mol. The highest BCUT2D eigenvalue weighted by Gasteiger charge is 2.37. The molecule has 3 aromatic rings. The smallest absolute Gasteiger partial charge is 0.274 e. The number of fused-ring (bicyclic) bond motifs is 2. The minimum absolute atomic E-state index is 0.132. The van der Waals surface area contributed by atoms with E-state index in [2.05, 4.69) is 4.98 Å². The molecule has 2 aliphatic rings. The third-order valence-corrected chi connectivity index (χ3v) is 6.50. The summed E-state index contributed by atoms with van der Waals surface area (Å²) in [7, 11) is 0. The van der Waals surface area contributed by atoms with Crippen molar-refractivity contribution in [3.8, 4) is 5.19 Å². The first kappa shape index (κ1) is 19.6. The molecule has 3 amide bonds. The molecule has 2 aromatic carbocycles. The first-order valence-electron chi connectivity index (χ1n) is 9.96. The van der Waals surface area contributed by atoms with Crippen LogP contribution in [0.3, 0.4) is 0 Å². The molecular formula is C22H18FN3O4S. The van der Waals surface area contributed by atoms with Crippen LogP contribution < -0.4 is 4.74 Å². The molecule has 0 unspecified atom stereocenters. The molecule has 0 aliphatic carbocycles. The molecule has 1 fully saturated rings. The number of piperidine rings is 1. The molecule has 1 saturated heterocycles. The number of imide groups is 1. The molecular weight excluding hydrogens is 421 g/mol. The van der Waals surface area contributed by atoms with Gasteiger partial charge in [0.15, 0.2) is 0 Å². The van der Waals surface area contributed by atoms with E-state index in [0.717, 1.165) is 9.60 Å². The van der Waals surface area contributed by atoms with Gasteiger partial charge >= 0.3 is 0 Å². The van der Waals surface area contributed by atoms with Crippen LogP contribution in [-0.4, -0.2) is 58.2 Å². The Kier molecular flexibility index (Phi) is 4.90. The van der Waals surface area contributed by atoms with Crippen LogP contribution >= 0.6 is 11.3 Å². The molecule has 0 bridgehead atoms. The van der Waals surface area contributed by atoms with Crippen LogP contribution in [0, 0.1) is 5.82 Å². The van der Waals surface area contributed by atoms with Crippen molar-refractivity contribution >= 4 is 39.3 Å². The van der Waals surface area contributed by atoms with Gasteiger partial charge in [0.2, 0.25) is 5.91 Å². The van der Waals surface area contributed by atoms with Crippen molar-refractivity contribution in [3.63, 3.8) is 0 Å². The van der Waals surface area contributed by atoms with Crippen LogP contribution in [-0.2, 0) is 4.79 Å². The van der Waals surface area contributed by atoms with Crippen molar-refractivity contribution in [1.82, 2.24) is 14.8 Å². The molecule has 158 valence electrons. The highest BCUT2D eigenvalue weighted by atomic mass is 32.1. The van der Waals surface area contributed by atoms with Gasteiger partial charge in [-0.1, -0.05) is 29.5 Å². The van der Waals surface area contributed by atoms with E-state index in [1.165, 1.54) is 17.4 Å². The van der Waals surface area contributed by atoms with E-state index in [4.69, 9.17) is 4.74 Å². The number of carbonyl (C=O) groups is 3. The van der Waals surface area contributed by atoms with E-state index < -0.39 is 11.8 Å². The van der Waals surface area contributed by atoms with Gasteiger partial charge in [-0.3, -0.25) is 19.3 Å². The Labute approximate surface area is 181 Å². The molecule has 9 heteroatoms. The maximum absolute atomic E-state index is 13.8. The summed E-state index contributed by atoms with van der Waals surface area (Å²) in [5.74, 6) is -1.52. The van der Waals surface area contributed by atoms with Crippen LogP contribution in [0.5, 0.6) is 5.19 Å². The topological polar surface area (TPSA) is 79.8 Å². The number of rotatable bonds is 4. The number of thiazole rings is 1. The Morgan fingerprint density at radius 1 is 1.06 bits per heavy atom. The molecule has 31 heavy (non-hydrogen) atoms. The quantitative estimate of drug-likeness (QED) is 0.584. The van der Waals surface area contributed by atoms with Gasteiger partial charge in [0.05, 0.1) is 15.8 Å². The number of carbonyl (C=O) groups excluding carboxylic acids is 3. The number of nitrogens with zero attached hydrogens (tertiary/aromatic N) is 3. The minimum atomic E-state index is -0.435. The summed E-state index contributed by atoms with van der Waals surface area (Å²) in [6.45, 7) is 0.632. The van der Waals surface area contributed by atoms with Gasteiger partial charge in [0.25, 0.3) is 17.0 Å². The fraction of sp³-hybridized carbons (Fsp3) is 0.273. The molecule has 1 aromatic heterocycles. The van der Waals surface area contributed by atoms with Crippen molar-refractivity contribution in [3.05, 3.63) is 59.4 Å². The second kappa shape index (κ2) is 7.73. The summed E-state index contributed by atoms with van der Waals surface area (Å²) in [5, 5.41) is 0.413. The standard InChI is InChI=1S/C22H18FN3O4S/c23-16-6-3-7-17-19(16)24-22(31-17)30-13-8-10-25(11-9-13)18(27)12-26-20(28)14-4-1-2-5-15(14)21(26)29/h1-7,13H,8-12H2. The molecule has 0 saturated carbocycles. The molecule has 0 radical (unpaired) electrons. The lowest BCUT2D eigenvalue weighted by Crippen LogP contribution is -2.47. The largest absolute Gasteiger partial charge is 0.467 e. The van der Waals surface area contributed by atoms with Gasteiger partial charge in [-0.25, -0.2) is 4.39 Å². The molecule has 5 rings (SSSR count). The SMILES string of the molecule is O=C(CN1C(=O)c2ccccc2C1=O)N1CCC(Oc2nc3c(F)cccc3s2)CC1. The lowest BCUT2D eigenvalue weighted by molar-refractivity contribution is -0.133. The summed E-state index contributed by atoms with van der Waals surface area (Å²) in [4.78, 5) is 44.5. The summed E-state index contributed by atoms with van der Waals surface area (Å²) in [5.41, 5.74) is 0.968. The second-order valence-corrected chi connectivity index (χ2v) is 8.50. The number of halogens is 1. The number of ether oxygens (including phenoxy) is 1. The third kappa shape index (κ3) is 3.54. The first-order valence-corrected chi connectivity index (χ1v) is 10.8. The van der Waals surface area contributed by atoms with Crippen molar-refractivity contribution in [2.45, 2.75) is 18.9 Å². The van der Waals surface area contributed by atoms with Crippen molar-refractivity contribution in [2.75, 3.05) is 19.6 Å². The lowest BCUT2D eigenvalue weighted by atomic mass is 10.1. The number of hydrogen-bond donors (Lipinski definition) is 0. The Balaban J connectivity index is 1.18. The molecule has 7 nitrogen and oxygen atoms in total. The van der Waals surface area contributed by atoms with Crippen LogP contribution in [0.15, 0.2) is 42.5 Å². The van der Waals surface area contributed by atoms with Crippen LogP contribution in [0.4, 0.5) is 4.39 Å². The summed E-state index contributed by atoms with van der Waals surface area (Å²) >= 11 is 1.29. The predicted octanol–water partition coefficient (Wildman–Crippen LogP) is 3.10. The van der Waals surface area contributed by atoms with Gasteiger partial charge in [-0.15, -0.1) is 0 Å². The summed E-state index contributed by atoms with van der Waals surface area (Å²) < 4.78 is 20.5. The predicted molar refractivity (Wildman–Crippen MR) is 112 cm³/mol. The Hall–Kier alpha value is -3.33. The van der Waals surface area contributed by atoms with E-state index in [0.29, 0.717) is 47.8 Å². The van der Waals surface area contributed by atoms with E-state index in [1.54, 1.807) is 41.3 Å². The highest BCUT2D eigenvalue weighted by molar-refractivity contribution is 7.20. The maximum atomic E-state index is 13.8. The maximum Gasteiger partial charge on any atom is 0.274 e. The minimum Gasteiger partial charge on any atom is -0.467 e. The number of likely N-dealkylation sites (tertiary alicyclic amines) is 1. The second-order valence-electron chi connectivity index (χ2n) is 7.51. The highest BCUT2D eigenvalue weighted by Crippen LogP contribution is 2.31. The number of benzene rings is 2. The number of hydrogen-bond acceptors (Lipinski definition) is 6. The zero-order valence-electron chi connectivity index (χ0n) is 16.4. The van der Waals surface area contributed by atoms with Crippen molar-refractivity contribution in [1.29, 1.82) is 0 Å². The molecule has 2 aliphatic heterocycles. The first-order chi connectivity index (χ1) is 15.0. The van der Waals surface area contributed by atoms with Crippen LogP contribution in [0.1, 0.15) is 33.6 Å². The zero-order valence-corrected chi connectivity index (χ0v) is 17.2. The molecule has 3 heterocycles. The summed E-state index contributed by atoms with van der Waals surface area (Å²) in [6, 6.07) is 11.4. The molecule has 0 atom stereocenters. The van der Waals surface area contributed by atoms with Gasteiger partial charge in [-0.05, 0) is 24.3 Å². The van der Waals surface area contributed by atoms with E-state index in [9.17, 15) is 18.8 Å². The Morgan fingerprint density at radius 2 is 1.74 bits per heavy atom. The van der Waals surface area contributed by atoms with Gasteiger partial charge in [0.1, 0.15) is 24.0 Å². The van der Waals surface area contributed by atoms with E-state index in [-0.39, 0.29) is 24.4 Å². The van der Waals surface area contributed by atoms with Crippen molar-refractivity contribution < 1.29 is 23.5 Å². The van der Waals surface area contributed by atoms with E-state index >= 15 is 0 Å². The number of aromatic nitrogens is 1. The molecule has 0 spiro atoms. The van der Waals surface area contributed by atoms with Crippen LogP contribution in [0.25, 0.3) is 10.2 Å².